The van der Waals surface area contributed by atoms with Crippen LogP contribution < -0.4 is 91.2 Å². The van der Waals surface area contributed by atoms with E-state index in [4.69, 9.17) is 11.5 Å². The number of aromatic amines is 4. The van der Waals surface area contributed by atoms with Crippen LogP contribution in [0, 0.1) is 0 Å². The molecule has 47 nitrogen and oxygen atoms in total. The number of primary amides is 2. The summed E-state index contributed by atoms with van der Waals surface area (Å²) in [5, 5.41) is 91.9. The number of nitrogens with two attached hydrogens (primary N) is 2. The molecule has 47 heteroatoms. The minimum Gasteiger partial charge on any atom is -0.508 e. The monoisotopic (exact) mass is 2060 g/mol. The zero-order chi connectivity index (χ0) is 108. The molecule has 2 aliphatic heterocycles. The van der Waals surface area contributed by atoms with Gasteiger partial charge < -0.3 is 142 Å². The molecule has 18 amide bonds. The van der Waals surface area contributed by atoms with Gasteiger partial charge in [0.1, 0.15) is 102 Å². The molecule has 0 radical (unpaired) electrons. The topological polar surface area (TPSA) is 737 Å². The second kappa shape index (κ2) is 50.9. The van der Waals surface area contributed by atoms with E-state index in [1.807, 2.05) is 0 Å². The van der Waals surface area contributed by atoms with E-state index in [9.17, 15) is 83.1 Å². The van der Waals surface area contributed by atoms with Crippen LogP contribution in [0.2, 0.25) is 0 Å². The molecular formula is C103H115N23O24. The Kier molecular flexibility index (Phi) is 37.0. The van der Waals surface area contributed by atoms with Gasteiger partial charge in [-0.1, -0.05) is 133 Å². The first kappa shape index (κ1) is 109. The van der Waals surface area contributed by atoms with Gasteiger partial charge in [0.15, 0.2) is 0 Å². The largest absolute Gasteiger partial charge is 0.508 e. The predicted octanol–water partition coefficient (Wildman–Crippen LogP) is -2.62. The van der Waals surface area contributed by atoms with E-state index in [0.29, 0.717) is 60.6 Å². The maximum Gasteiger partial charge on any atom is 0.326 e. The second-order valence-electron chi connectivity index (χ2n) is 36.5. The number of carboxylic acid groups (broad SMARTS) is 1. The summed E-state index contributed by atoms with van der Waals surface area (Å²) in [4.78, 5) is 294. The Labute approximate surface area is 855 Å². The number of aromatic hydroxyl groups is 3. The van der Waals surface area contributed by atoms with E-state index in [0.717, 1.165) is 11.8 Å². The number of hydrogen-bond acceptors (Lipinski definition) is 24. The molecule has 2 fully saturated rings. The Balaban J connectivity index is 0.784. The Morgan fingerprint density at radius 1 is 0.433 bits per heavy atom. The third-order valence-corrected chi connectivity index (χ3v) is 25.4. The summed E-state index contributed by atoms with van der Waals surface area (Å²) in [7, 11) is 0. The third kappa shape index (κ3) is 30.0. The van der Waals surface area contributed by atoms with Gasteiger partial charge in [0, 0.05) is 110 Å². The van der Waals surface area contributed by atoms with Crippen molar-refractivity contribution in [2.45, 2.75) is 188 Å². The predicted molar refractivity (Wildman–Crippen MR) is 537 cm³/mol. The number of rotatable bonds is 36. The van der Waals surface area contributed by atoms with Crippen LogP contribution in [-0.2, 0) is 142 Å². The quantitative estimate of drug-likeness (QED) is 0.0191. The number of carboxylic acids is 1. The molecule has 11 aromatic rings. The molecule has 786 valence electrons. The average molecular weight is 2060 g/mol. The number of phenols is 3. The number of benzene rings is 7. The minimum absolute atomic E-state index is 0.117. The van der Waals surface area contributed by atoms with Crippen molar-refractivity contribution in [3.05, 3.63) is 252 Å². The van der Waals surface area contributed by atoms with Crippen molar-refractivity contribution in [1.82, 2.24) is 110 Å². The Morgan fingerprint density at radius 2 is 0.893 bits per heavy atom. The van der Waals surface area contributed by atoms with Gasteiger partial charge in [0.25, 0.3) is 0 Å². The number of aliphatic hydroxyl groups is 1. The van der Waals surface area contributed by atoms with E-state index >= 15 is 33.6 Å². The molecule has 4 aromatic heterocycles. The molecular weight excluding hydrogens is 1940 g/mol. The number of carbonyl (C=O) groups is 19. The van der Waals surface area contributed by atoms with E-state index in [2.05, 4.69) is 105 Å². The van der Waals surface area contributed by atoms with Gasteiger partial charge in [-0.25, -0.2) is 9.78 Å². The van der Waals surface area contributed by atoms with Crippen LogP contribution >= 0.6 is 0 Å². The molecule has 13 rings (SSSR count). The summed E-state index contributed by atoms with van der Waals surface area (Å²) in [5.41, 5.74) is 15.7. The fraction of sp³-hybridized carbons (Fsp3) is 0.320. The van der Waals surface area contributed by atoms with E-state index < -0.39 is 261 Å². The lowest BCUT2D eigenvalue weighted by molar-refractivity contribution is -0.143. The van der Waals surface area contributed by atoms with Crippen molar-refractivity contribution in [1.29, 1.82) is 0 Å². The molecule has 28 N–H and O–H groups in total. The SMILES string of the molecule is CC1NC(=O)C([C@@H](C)O)NC(=O)CNC(=O)C(Cc2c[nH]cn2)NC(=O)C(Cc2c[nH]c3ccccc23)NC(=O)C(CC(N)=O)NC(=O)CNC(=O)CC(C(=O)NC(Cc2c[nH]c3ccccc23)C(=O)NC(Cc2ccccc2)C(=O)NC(Cc2ccccc2)C(=O)NC(CC(N)=O)C(=O)NC(Cc2ccc(O)cc2)C(=O)NC(Cc2ccc(O)cc2)C(=O)NC(Cc2c[nH]c3c(O)cccc23)C(=O)O)NC(=O)C2CCCN2C1=O. The zero-order valence-electron chi connectivity index (χ0n) is 81.1. The molecule has 15 atom stereocenters. The van der Waals surface area contributed by atoms with Crippen LogP contribution in [0.1, 0.15) is 90.6 Å². The van der Waals surface area contributed by atoms with Crippen molar-refractivity contribution in [2.24, 2.45) is 11.5 Å². The van der Waals surface area contributed by atoms with Crippen LogP contribution in [0.5, 0.6) is 17.2 Å². The summed E-state index contributed by atoms with van der Waals surface area (Å²) in [5.74, 6) is -22.3. The number of phenolic OH excluding ortho intramolecular Hbond substituents is 3. The normalized spacial score (nSPS) is 19.0. The van der Waals surface area contributed by atoms with Gasteiger partial charge in [0.2, 0.25) is 106 Å². The number of nitrogens with one attached hydrogen (secondary N) is 19. The van der Waals surface area contributed by atoms with Crippen LogP contribution in [0.15, 0.2) is 207 Å². The first-order chi connectivity index (χ1) is 71.8. The van der Waals surface area contributed by atoms with Gasteiger partial charge in [-0.2, -0.15) is 0 Å². The molecule has 0 bridgehead atoms. The standard InChI is InChI=1S/C103H115N23O24/c1-53-102(148)126-34-14-24-81(126)100(146)123-79(45-85(133)109-50-86(134)114-77(43-83(104)131)97(143)119-75(40-60-47-108-69-23-12-10-20-66(60)69)96(142)121-76(42-62-49-106-52-112-62)90(136)111-51-87(135)125-88(54(2)127)101(147)113-53)99(145)120-74(39-59-46-107-68-22-11-9-19-65(59)68)95(141)117-70(35-55-15-5-3-6-16-55)91(137)115-71(36-56-17-7-4-8-18-56)93(139)122-78(44-84(105)132)98(144)118-72(37-57-26-30-63(128)31-27-57)92(138)116-73(38-58-28-32-64(129)33-29-58)94(140)124-80(103(149)150)41-61-48-110-89-67(61)21-13-25-82(89)130/h3-13,15-23,25-33,46-49,52-54,70-81,88,107-108,110,127-130H,14,24,34-45,50-51H2,1-2H3,(H2,104,131)(H2,105,132)(H,106,112)(H,109,133)(H,111,136)(H,113,147)(H,114,134)(H,115,137)(H,116,138)(H,117,141)(H,118,144)(H,119,143)(H,120,145)(H,121,142)(H,122,139)(H,123,146)(H,124,140)(H,125,135)(H,149,150)/t53?,54-,70?,71?,72?,73?,74?,75?,76?,77?,78?,79?,80?,81?,88?/m1/s1. The van der Waals surface area contributed by atoms with Crippen molar-refractivity contribution < 1.29 is 117 Å². The number of imidazole rings is 1. The fourth-order valence-electron chi connectivity index (χ4n) is 17.6. The Morgan fingerprint density at radius 3 is 1.43 bits per heavy atom. The smallest absolute Gasteiger partial charge is 0.326 e. The van der Waals surface area contributed by atoms with Crippen molar-refractivity contribution >= 4 is 145 Å². The lowest BCUT2D eigenvalue weighted by atomic mass is 10.00. The highest BCUT2D eigenvalue weighted by Crippen LogP contribution is 2.29. The first-order valence-corrected chi connectivity index (χ1v) is 48.1. The van der Waals surface area contributed by atoms with Gasteiger partial charge in [0.05, 0.1) is 56.0 Å². The number of para-hydroxylation sites is 3. The van der Waals surface area contributed by atoms with Gasteiger partial charge in [-0.05, 0) is 108 Å². The first-order valence-electron chi connectivity index (χ1n) is 48.1. The number of fused-ring (bicyclic) bond motifs is 4. The lowest BCUT2D eigenvalue weighted by Gasteiger charge is -2.30. The highest BCUT2D eigenvalue weighted by Gasteiger charge is 2.43. The Hall–Kier alpha value is -18.3. The molecule has 150 heavy (non-hydrogen) atoms. The second-order valence-corrected chi connectivity index (χ2v) is 36.5. The number of aromatic nitrogens is 5. The molecule has 0 spiro atoms. The molecule has 0 saturated carbocycles. The maximum absolute atomic E-state index is 15.9. The number of hydrogen-bond donors (Lipinski definition) is 26. The van der Waals surface area contributed by atoms with Crippen molar-refractivity contribution in [2.75, 3.05) is 19.6 Å². The Bertz CT molecular complexity index is 6800. The van der Waals surface area contributed by atoms with Gasteiger partial charge in [-0.3, -0.25) is 86.3 Å². The molecule has 2 aliphatic rings. The molecule has 0 aliphatic carbocycles. The number of nitrogens with zero attached hydrogens (tertiary/aromatic N) is 2. The number of amides is 18. The highest BCUT2D eigenvalue weighted by atomic mass is 16.4. The zero-order valence-corrected chi connectivity index (χ0v) is 81.1. The molecule has 6 heterocycles. The third-order valence-electron chi connectivity index (χ3n) is 25.4. The van der Waals surface area contributed by atoms with E-state index in [1.54, 1.807) is 121 Å². The number of aliphatic carboxylic acids is 1. The van der Waals surface area contributed by atoms with E-state index in [1.165, 1.54) is 92.5 Å². The summed E-state index contributed by atoms with van der Waals surface area (Å²) >= 11 is 0. The summed E-state index contributed by atoms with van der Waals surface area (Å²) in [6, 6.07) is 20.3. The van der Waals surface area contributed by atoms with Crippen molar-refractivity contribution in [3.63, 3.8) is 0 Å². The minimum atomic E-state index is -2.12. The van der Waals surface area contributed by atoms with Gasteiger partial charge >= 0.3 is 5.97 Å². The van der Waals surface area contributed by atoms with Gasteiger partial charge in [-0.15, -0.1) is 0 Å². The molecule has 7 aromatic carbocycles. The van der Waals surface area contributed by atoms with Crippen molar-refractivity contribution in [3.8, 4) is 17.2 Å². The van der Waals surface area contributed by atoms with Crippen LogP contribution in [0.25, 0.3) is 32.7 Å². The lowest BCUT2D eigenvalue weighted by Crippen LogP contribution is -2.62. The van der Waals surface area contributed by atoms with Crippen LogP contribution in [0.4, 0.5) is 0 Å². The number of H-pyrrole nitrogens is 4. The summed E-state index contributed by atoms with van der Waals surface area (Å²) in [6.45, 7) is 0.254. The average Bonchev–Trinajstić information content (AvgIpc) is 1.63. The van der Waals surface area contributed by atoms with Crippen LogP contribution in [0.3, 0.4) is 0 Å². The molecule has 2 saturated heterocycles. The van der Waals surface area contributed by atoms with E-state index in [-0.39, 0.29) is 79.1 Å². The number of carbonyl (C=O) groups excluding carboxylic acids is 18. The number of aliphatic hydroxyl groups excluding tert-OH is 1. The highest BCUT2D eigenvalue weighted by molar-refractivity contribution is 6.04. The maximum atomic E-state index is 15.9. The summed E-state index contributed by atoms with van der Waals surface area (Å²) in [6.07, 6.45) is -0.616. The fourth-order valence-corrected chi connectivity index (χ4v) is 17.6. The van der Waals surface area contributed by atoms with Crippen LogP contribution in [-0.4, -0.2) is 278 Å². The molecule has 14 unspecified atom stereocenters. The summed E-state index contributed by atoms with van der Waals surface area (Å²) < 4.78 is 0.